The lowest BCUT2D eigenvalue weighted by molar-refractivity contribution is 0.463. The van der Waals surface area contributed by atoms with E-state index in [2.05, 4.69) is 51.6 Å². The first-order valence-corrected chi connectivity index (χ1v) is 6.65. The zero-order chi connectivity index (χ0) is 11.7. The largest absolute Gasteiger partial charge is 0.453 e. The van der Waals surface area contributed by atoms with E-state index in [1.807, 2.05) is 12.1 Å². The first-order chi connectivity index (χ1) is 8.33. The summed E-state index contributed by atoms with van der Waals surface area (Å²) in [5, 5.41) is 3.52. The first-order valence-electron chi connectivity index (χ1n) is 5.85. The van der Waals surface area contributed by atoms with Gasteiger partial charge in [-0.2, -0.15) is 0 Å². The SMILES string of the molecule is Brc1ccc(CNC2CC2c2ccccc2)o1. The lowest BCUT2D eigenvalue weighted by Gasteiger charge is -2.02. The zero-order valence-corrected chi connectivity index (χ0v) is 11.0. The molecule has 2 unspecified atom stereocenters. The molecule has 3 heteroatoms. The number of benzene rings is 1. The molecule has 1 N–H and O–H groups in total. The molecule has 1 aliphatic rings. The van der Waals surface area contributed by atoms with Crippen LogP contribution in [0.4, 0.5) is 0 Å². The summed E-state index contributed by atoms with van der Waals surface area (Å²) >= 11 is 3.31. The van der Waals surface area contributed by atoms with Crippen LogP contribution in [0, 0.1) is 0 Å². The molecular formula is C14H14BrNO. The fourth-order valence-electron chi connectivity index (χ4n) is 2.17. The van der Waals surface area contributed by atoms with Gasteiger partial charge in [0.2, 0.25) is 0 Å². The highest BCUT2D eigenvalue weighted by Gasteiger charge is 2.37. The minimum absolute atomic E-state index is 0.598. The second-order valence-corrected chi connectivity index (χ2v) is 5.23. The summed E-state index contributed by atoms with van der Waals surface area (Å²) in [4.78, 5) is 0. The maximum atomic E-state index is 5.46. The smallest absolute Gasteiger partial charge is 0.169 e. The van der Waals surface area contributed by atoms with Crippen LogP contribution in [-0.4, -0.2) is 6.04 Å². The molecule has 0 spiro atoms. The Labute approximate surface area is 109 Å². The Morgan fingerprint density at radius 1 is 1.18 bits per heavy atom. The Kier molecular flexibility index (Phi) is 3.04. The van der Waals surface area contributed by atoms with E-state index in [0.717, 1.165) is 17.0 Å². The highest BCUT2D eigenvalue weighted by Crippen LogP contribution is 2.40. The van der Waals surface area contributed by atoms with Crippen molar-refractivity contribution in [3.05, 3.63) is 58.5 Å². The molecule has 2 nitrogen and oxygen atoms in total. The number of halogens is 1. The van der Waals surface area contributed by atoms with Crippen molar-refractivity contribution >= 4 is 15.9 Å². The molecule has 88 valence electrons. The number of hydrogen-bond acceptors (Lipinski definition) is 2. The fourth-order valence-corrected chi connectivity index (χ4v) is 2.51. The molecule has 17 heavy (non-hydrogen) atoms. The molecule has 1 fully saturated rings. The van der Waals surface area contributed by atoms with E-state index in [9.17, 15) is 0 Å². The van der Waals surface area contributed by atoms with E-state index >= 15 is 0 Å². The van der Waals surface area contributed by atoms with Crippen molar-refractivity contribution in [2.45, 2.75) is 24.9 Å². The van der Waals surface area contributed by atoms with Crippen LogP contribution in [0.1, 0.15) is 23.7 Å². The van der Waals surface area contributed by atoms with Crippen molar-refractivity contribution in [1.82, 2.24) is 5.32 Å². The van der Waals surface area contributed by atoms with Crippen molar-refractivity contribution in [3.63, 3.8) is 0 Å². The van der Waals surface area contributed by atoms with E-state index in [1.165, 1.54) is 12.0 Å². The lowest BCUT2D eigenvalue weighted by Crippen LogP contribution is -2.16. The predicted molar refractivity (Wildman–Crippen MR) is 70.8 cm³/mol. The van der Waals surface area contributed by atoms with Crippen LogP contribution in [0.25, 0.3) is 0 Å². The molecule has 0 aliphatic heterocycles. The fraction of sp³-hybridized carbons (Fsp3) is 0.286. The van der Waals surface area contributed by atoms with Gasteiger partial charge < -0.3 is 9.73 Å². The summed E-state index contributed by atoms with van der Waals surface area (Å²) in [6.07, 6.45) is 1.23. The summed E-state index contributed by atoms with van der Waals surface area (Å²) < 4.78 is 6.25. The second-order valence-electron chi connectivity index (χ2n) is 4.45. The third-order valence-corrected chi connectivity index (χ3v) is 3.61. The van der Waals surface area contributed by atoms with Gasteiger partial charge in [-0.05, 0) is 40.0 Å². The van der Waals surface area contributed by atoms with Crippen LogP contribution >= 0.6 is 15.9 Å². The van der Waals surface area contributed by atoms with Crippen molar-refractivity contribution in [3.8, 4) is 0 Å². The monoisotopic (exact) mass is 291 g/mol. The van der Waals surface area contributed by atoms with Gasteiger partial charge >= 0.3 is 0 Å². The van der Waals surface area contributed by atoms with Gasteiger partial charge in [-0.1, -0.05) is 30.3 Å². The Balaban J connectivity index is 1.53. The Hall–Kier alpha value is -1.06. The van der Waals surface area contributed by atoms with Gasteiger partial charge in [0.05, 0.1) is 6.54 Å². The third-order valence-electron chi connectivity index (χ3n) is 3.19. The topological polar surface area (TPSA) is 25.2 Å². The van der Waals surface area contributed by atoms with Gasteiger partial charge in [0.1, 0.15) is 5.76 Å². The van der Waals surface area contributed by atoms with Crippen molar-refractivity contribution < 1.29 is 4.42 Å². The van der Waals surface area contributed by atoms with Gasteiger partial charge in [-0.3, -0.25) is 0 Å². The van der Waals surface area contributed by atoms with Gasteiger partial charge in [0.25, 0.3) is 0 Å². The van der Waals surface area contributed by atoms with Crippen LogP contribution in [0.2, 0.25) is 0 Å². The van der Waals surface area contributed by atoms with E-state index in [0.29, 0.717) is 12.0 Å². The molecule has 0 saturated heterocycles. The van der Waals surface area contributed by atoms with Crippen molar-refractivity contribution in [2.75, 3.05) is 0 Å². The first kappa shape index (κ1) is 11.1. The summed E-state index contributed by atoms with van der Waals surface area (Å²) in [7, 11) is 0. The highest BCUT2D eigenvalue weighted by molar-refractivity contribution is 9.10. The highest BCUT2D eigenvalue weighted by atomic mass is 79.9. The molecule has 1 saturated carbocycles. The molecular weight excluding hydrogens is 278 g/mol. The van der Waals surface area contributed by atoms with E-state index in [4.69, 9.17) is 4.42 Å². The van der Waals surface area contributed by atoms with Gasteiger partial charge in [0, 0.05) is 12.0 Å². The Morgan fingerprint density at radius 2 is 2.00 bits per heavy atom. The van der Waals surface area contributed by atoms with Crippen molar-refractivity contribution in [1.29, 1.82) is 0 Å². The van der Waals surface area contributed by atoms with E-state index < -0.39 is 0 Å². The minimum atomic E-state index is 0.598. The van der Waals surface area contributed by atoms with Gasteiger partial charge in [-0.25, -0.2) is 0 Å². The average Bonchev–Trinajstić information content (AvgIpc) is 3.03. The molecule has 1 aromatic heterocycles. The summed E-state index contributed by atoms with van der Waals surface area (Å²) in [5.74, 6) is 1.66. The molecule has 2 aromatic rings. The summed E-state index contributed by atoms with van der Waals surface area (Å²) in [6, 6.07) is 15.2. The maximum Gasteiger partial charge on any atom is 0.169 e. The average molecular weight is 292 g/mol. The number of furan rings is 1. The van der Waals surface area contributed by atoms with Gasteiger partial charge in [0.15, 0.2) is 4.67 Å². The molecule has 2 atom stereocenters. The molecule has 0 radical (unpaired) electrons. The van der Waals surface area contributed by atoms with E-state index in [1.54, 1.807) is 0 Å². The third kappa shape index (κ3) is 2.61. The Morgan fingerprint density at radius 3 is 2.71 bits per heavy atom. The quantitative estimate of drug-likeness (QED) is 0.929. The summed E-state index contributed by atoms with van der Waals surface area (Å²) in [6.45, 7) is 0.805. The number of hydrogen-bond donors (Lipinski definition) is 1. The molecule has 1 aliphatic carbocycles. The molecule has 3 rings (SSSR count). The van der Waals surface area contributed by atoms with Crippen molar-refractivity contribution in [2.24, 2.45) is 0 Å². The van der Waals surface area contributed by atoms with Crippen LogP contribution in [0.15, 0.2) is 51.6 Å². The minimum Gasteiger partial charge on any atom is -0.453 e. The van der Waals surface area contributed by atoms with Gasteiger partial charge in [-0.15, -0.1) is 0 Å². The molecule has 0 amide bonds. The second kappa shape index (κ2) is 4.67. The Bertz CT molecular complexity index is 494. The number of nitrogens with one attached hydrogen (secondary N) is 1. The number of rotatable bonds is 4. The predicted octanol–water partition coefficient (Wildman–Crippen LogP) is 3.69. The maximum absolute atomic E-state index is 5.46. The van der Waals surface area contributed by atoms with Crippen LogP contribution in [-0.2, 0) is 6.54 Å². The molecule has 1 aromatic carbocycles. The lowest BCUT2D eigenvalue weighted by atomic mass is 10.1. The standard InChI is InChI=1S/C14H14BrNO/c15-14-7-6-11(17-14)9-16-13-8-12(13)10-4-2-1-3-5-10/h1-7,12-13,16H,8-9H2. The van der Waals surface area contributed by atoms with Crippen LogP contribution < -0.4 is 5.32 Å². The van der Waals surface area contributed by atoms with Crippen LogP contribution in [0.5, 0.6) is 0 Å². The normalized spacial score (nSPS) is 22.6. The summed E-state index contributed by atoms with van der Waals surface area (Å²) in [5.41, 5.74) is 1.44. The van der Waals surface area contributed by atoms with E-state index in [-0.39, 0.29) is 0 Å². The van der Waals surface area contributed by atoms with Crippen LogP contribution in [0.3, 0.4) is 0 Å². The molecule has 1 heterocycles. The zero-order valence-electron chi connectivity index (χ0n) is 9.40. The molecule has 0 bridgehead atoms.